The number of rotatable bonds is 6. The molecule has 27 heavy (non-hydrogen) atoms. The fourth-order valence-electron chi connectivity index (χ4n) is 2.49. The molecule has 1 aromatic rings. The smallest absolute Gasteiger partial charge is 0.405 e. The van der Waals surface area contributed by atoms with Crippen LogP contribution >= 0.6 is 0 Å². The van der Waals surface area contributed by atoms with Crippen molar-refractivity contribution in [1.29, 1.82) is 0 Å². The Hall–Kier alpha value is -2.72. The second-order valence-corrected chi connectivity index (χ2v) is 5.84. The zero-order chi connectivity index (χ0) is 20.2. The summed E-state index contributed by atoms with van der Waals surface area (Å²) in [5, 5.41) is 5.66. The quantitative estimate of drug-likeness (QED) is 0.753. The number of carbonyl (C=O) groups excluding carboxylic acids is 1. The Morgan fingerprint density at radius 2 is 2.07 bits per heavy atom. The molecule has 0 radical (unpaired) electrons. The molecule has 0 saturated carbocycles. The molecular weight excluding hydrogens is 377 g/mol. The number of ether oxygens (including phenoxy) is 1. The van der Waals surface area contributed by atoms with Crippen LogP contribution in [0, 0.1) is 5.92 Å². The van der Waals surface area contributed by atoms with Crippen LogP contribution in [0.3, 0.4) is 0 Å². The van der Waals surface area contributed by atoms with Crippen molar-refractivity contribution in [3.63, 3.8) is 0 Å². The number of alkyl halides is 5. The van der Waals surface area contributed by atoms with Gasteiger partial charge in [-0.15, -0.1) is 0 Å². The average Bonchev–Trinajstić information content (AvgIpc) is 2.54. The molecular formula is C16H16F5N3O3. The molecule has 0 saturated heterocycles. The van der Waals surface area contributed by atoms with Gasteiger partial charge in [0, 0.05) is 12.0 Å². The highest BCUT2D eigenvalue weighted by Gasteiger charge is 2.28. The fourth-order valence-corrected chi connectivity index (χ4v) is 2.49. The monoisotopic (exact) mass is 393 g/mol. The van der Waals surface area contributed by atoms with E-state index in [1.807, 2.05) is 0 Å². The van der Waals surface area contributed by atoms with Crippen LogP contribution in [0.1, 0.15) is 18.5 Å². The van der Waals surface area contributed by atoms with Crippen LogP contribution in [-0.2, 0) is 16.1 Å². The molecule has 1 amide bonds. The van der Waals surface area contributed by atoms with E-state index in [0.29, 0.717) is 5.69 Å². The van der Waals surface area contributed by atoms with Crippen LogP contribution < -0.4 is 10.9 Å². The number of hydrogen-bond donors (Lipinski definition) is 1. The van der Waals surface area contributed by atoms with Crippen LogP contribution in [0.4, 0.5) is 22.0 Å². The average molecular weight is 393 g/mol. The first-order valence-corrected chi connectivity index (χ1v) is 7.81. The normalized spacial score (nSPS) is 19.7. The van der Waals surface area contributed by atoms with Crippen LogP contribution in [0.15, 0.2) is 40.9 Å². The summed E-state index contributed by atoms with van der Waals surface area (Å²) in [7, 11) is 0. The standard InChI is InChI=1S/C16H16F5N3O3/c1-9-6-10(27-15(17)18)2-3-11(9)12-4-5-14(26)24(23-12)7-13(25)22-8-16(19,20)21/h2-6,9,11,15H,7-8H2,1H3,(H,22,25). The number of halogens is 5. The Balaban J connectivity index is 2.11. The molecule has 1 heterocycles. The summed E-state index contributed by atoms with van der Waals surface area (Å²) in [6, 6.07) is 2.54. The molecule has 11 heteroatoms. The number of allylic oxidation sites excluding steroid dienone is 3. The van der Waals surface area contributed by atoms with Crippen LogP contribution in [0.5, 0.6) is 0 Å². The van der Waals surface area contributed by atoms with Crippen molar-refractivity contribution >= 4 is 5.91 Å². The SMILES string of the molecule is CC1C=C(OC(F)F)C=CC1c1ccc(=O)n(CC(=O)NCC(F)(F)F)n1. The summed E-state index contributed by atoms with van der Waals surface area (Å²) in [5.74, 6) is -1.71. The maximum absolute atomic E-state index is 12.3. The van der Waals surface area contributed by atoms with Gasteiger partial charge in [-0.25, -0.2) is 4.68 Å². The maximum atomic E-state index is 12.3. The highest BCUT2D eigenvalue weighted by molar-refractivity contribution is 5.75. The Kier molecular flexibility index (Phi) is 6.34. The van der Waals surface area contributed by atoms with Crippen LogP contribution in [0.2, 0.25) is 0 Å². The second kappa shape index (κ2) is 8.31. The first kappa shape index (κ1) is 20.6. The highest BCUT2D eigenvalue weighted by Crippen LogP contribution is 2.31. The minimum Gasteiger partial charge on any atom is -0.435 e. The van der Waals surface area contributed by atoms with Gasteiger partial charge >= 0.3 is 12.8 Å². The van der Waals surface area contributed by atoms with E-state index in [9.17, 15) is 31.5 Å². The maximum Gasteiger partial charge on any atom is 0.405 e. The number of nitrogens with zero attached hydrogens (tertiary/aromatic N) is 2. The summed E-state index contributed by atoms with van der Waals surface area (Å²) in [5.41, 5.74) is -0.306. The molecule has 0 bridgehead atoms. The van der Waals surface area contributed by atoms with Gasteiger partial charge in [-0.1, -0.05) is 13.0 Å². The number of amides is 1. The third-order valence-electron chi connectivity index (χ3n) is 3.69. The van der Waals surface area contributed by atoms with E-state index >= 15 is 0 Å². The largest absolute Gasteiger partial charge is 0.435 e. The molecule has 1 aliphatic rings. The van der Waals surface area contributed by atoms with Gasteiger partial charge in [0.15, 0.2) is 0 Å². The lowest BCUT2D eigenvalue weighted by Gasteiger charge is -2.22. The van der Waals surface area contributed by atoms with E-state index in [4.69, 9.17) is 0 Å². The van der Waals surface area contributed by atoms with Crippen molar-refractivity contribution in [2.24, 2.45) is 5.92 Å². The molecule has 1 aliphatic carbocycles. The third kappa shape index (κ3) is 6.19. The topological polar surface area (TPSA) is 73.2 Å². The van der Waals surface area contributed by atoms with Gasteiger partial charge in [-0.05, 0) is 24.1 Å². The summed E-state index contributed by atoms with van der Waals surface area (Å²) in [4.78, 5) is 23.4. The fraction of sp³-hybridized carbons (Fsp3) is 0.438. The summed E-state index contributed by atoms with van der Waals surface area (Å²) in [6.07, 6.45) is -0.209. The van der Waals surface area contributed by atoms with Gasteiger partial charge < -0.3 is 10.1 Å². The predicted octanol–water partition coefficient (Wildman–Crippen LogP) is 2.33. The van der Waals surface area contributed by atoms with E-state index in [2.05, 4.69) is 9.84 Å². The number of hydrogen-bond acceptors (Lipinski definition) is 4. The summed E-state index contributed by atoms with van der Waals surface area (Å²) < 4.78 is 66.0. The molecule has 0 aromatic carbocycles. The van der Waals surface area contributed by atoms with Gasteiger partial charge in [-0.3, -0.25) is 9.59 Å². The molecule has 2 unspecified atom stereocenters. The third-order valence-corrected chi connectivity index (χ3v) is 3.69. The van der Waals surface area contributed by atoms with Crippen LogP contribution in [0.25, 0.3) is 0 Å². The minimum atomic E-state index is -4.57. The van der Waals surface area contributed by atoms with Crippen molar-refractivity contribution in [2.75, 3.05) is 6.54 Å². The lowest BCUT2D eigenvalue weighted by molar-refractivity contribution is -0.138. The van der Waals surface area contributed by atoms with Crippen molar-refractivity contribution < 1.29 is 31.5 Å². The lowest BCUT2D eigenvalue weighted by Crippen LogP contribution is -2.38. The number of nitrogens with one attached hydrogen (secondary N) is 1. The molecule has 0 spiro atoms. The predicted molar refractivity (Wildman–Crippen MR) is 83.8 cm³/mol. The number of carbonyl (C=O) groups is 1. The Morgan fingerprint density at radius 1 is 1.37 bits per heavy atom. The minimum absolute atomic E-state index is 0.00593. The van der Waals surface area contributed by atoms with Gasteiger partial charge in [0.2, 0.25) is 5.91 Å². The molecule has 6 nitrogen and oxygen atoms in total. The van der Waals surface area contributed by atoms with Crippen molar-refractivity contribution in [1.82, 2.24) is 15.1 Å². The van der Waals surface area contributed by atoms with E-state index in [1.54, 1.807) is 18.3 Å². The molecule has 1 aromatic heterocycles. The summed E-state index contributed by atoms with van der Waals surface area (Å²) in [6.45, 7) is -3.43. The number of aromatic nitrogens is 2. The van der Waals surface area contributed by atoms with E-state index in [-0.39, 0.29) is 17.6 Å². The van der Waals surface area contributed by atoms with Crippen LogP contribution in [-0.4, -0.2) is 35.0 Å². The zero-order valence-electron chi connectivity index (χ0n) is 14.0. The Morgan fingerprint density at radius 3 is 2.67 bits per heavy atom. The molecule has 2 atom stereocenters. The van der Waals surface area contributed by atoms with E-state index in [1.165, 1.54) is 18.2 Å². The van der Waals surface area contributed by atoms with E-state index < -0.39 is 37.3 Å². The first-order chi connectivity index (χ1) is 12.5. The van der Waals surface area contributed by atoms with Gasteiger partial charge in [0.1, 0.15) is 18.8 Å². The molecule has 0 fully saturated rings. The second-order valence-electron chi connectivity index (χ2n) is 5.84. The molecule has 1 N–H and O–H groups in total. The summed E-state index contributed by atoms with van der Waals surface area (Å²) >= 11 is 0. The van der Waals surface area contributed by atoms with Crippen molar-refractivity contribution in [3.05, 3.63) is 52.2 Å². The molecule has 0 aliphatic heterocycles. The van der Waals surface area contributed by atoms with Crippen molar-refractivity contribution in [3.8, 4) is 0 Å². The van der Waals surface area contributed by atoms with Gasteiger partial charge in [0.05, 0.1) is 5.69 Å². The zero-order valence-corrected chi connectivity index (χ0v) is 14.0. The van der Waals surface area contributed by atoms with Crippen molar-refractivity contribution in [2.45, 2.75) is 32.2 Å². The Bertz CT molecular complexity index is 801. The lowest BCUT2D eigenvalue weighted by atomic mass is 9.87. The molecule has 2 rings (SSSR count). The highest BCUT2D eigenvalue weighted by atomic mass is 19.4. The van der Waals surface area contributed by atoms with Gasteiger partial charge in [0.25, 0.3) is 5.56 Å². The molecule has 148 valence electrons. The Labute approximate surface area is 150 Å². The van der Waals surface area contributed by atoms with Gasteiger partial charge in [-0.2, -0.15) is 27.1 Å². The van der Waals surface area contributed by atoms with E-state index in [0.717, 1.165) is 10.7 Å². The first-order valence-electron chi connectivity index (χ1n) is 7.81.